The third-order valence-corrected chi connectivity index (χ3v) is 4.93. The summed E-state index contributed by atoms with van der Waals surface area (Å²) in [6.07, 6.45) is 3.87. The molecule has 1 aliphatic heterocycles. The van der Waals surface area contributed by atoms with Crippen LogP contribution in [-0.2, 0) is 13.2 Å². The number of piperidine rings is 1. The van der Waals surface area contributed by atoms with Crippen molar-refractivity contribution in [3.05, 3.63) is 76.1 Å². The number of benzene rings is 1. The van der Waals surface area contributed by atoms with Gasteiger partial charge in [-0.3, -0.25) is 9.88 Å². The number of H-pyrrole nitrogens is 2. The fourth-order valence-electron chi connectivity index (χ4n) is 3.42. The van der Waals surface area contributed by atoms with Crippen LogP contribution in [0.25, 0.3) is 0 Å². The summed E-state index contributed by atoms with van der Waals surface area (Å²) in [6, 6.07) is 14.1. The van der Waals surface area contributed by atoms with Crippen LogP contribution in [0.1, 0.15) is 35.7 Å². The maximum atomic E-state index is 11.2. The number of aromatic amines is 2. The highest BCUT2D eigenvalue weighted by atomic mass is 16.5. The van der Waals surface area contributed by atoms with E-state index in [9.17, 15) is 4.79 Å². The third-order valence-electron chi connectivity index (χ3n) is 4.93. The van der Waals surface area contributed by atoms with E-state index in [1.165, 1.54) is 5.56 Å². The van der Waals surface area contributed by atoms with Crippen molar-refractivity contribution < 1.29 is 4.74 Å². The monoisotopic (exact) mass is 365 g/mol. The van der Waals surface area contributed by atoms with Gasteiger partial charge in [-0.05, 0) is 37.1 Å². The van der Waals surface area contributed by atoms with Crippen molar-refractivity contribution in [1.82, 2.24) is 25.1 Å². The van der Waals surface area contributed by atoms with Crippen LogP contribution < -0.4 is 10.4 Å². The molecule has 0 radical (unpaired) electrons. The molecule has 27 heavy (non-hydrogen) atoms. The van der Waals surface area contributed by atoms with Crippen LogP contribution in [0.5, 0.6) is 5.88 Å². The molecule has 3 aromatic rings. The molecule has 0 aliphatic carbocycles. The minimum atomic E-state index is -0.229. The number of nitrogens with one attached hydrogen (secondary N) is 2. The van der Waals surface area contributed by atoms with Crippen LogP contribution >= 0.6 is 0 Å². The molecule has 3 heterocycles. The van der Waals surface area contributed by atoms with Crippen molar-refractivity contribution in [2.24, 2.45) is 0 Å². The standard InChI is InChI=1S/C20H23N5O2/c26-20-22-19(23-24-20)17-8-10-25(11-9-17)13-16-6-7-18(21-12-16)27-14-15-4-2-1-3-5-15/h1-7,12,17H,8-11,13-14H2,(H2,22,23,24,26). The first kappa shape index (κ1) is 17.5. The Morgan fingerprint density at radius 3 is 2.56 bits per heavy atom. The van der Waals surface area contributed by atoms with Gasteiger partial charge in [0.15, 0.2) is 0 Å². The number of likely N-dealkylation sites (tertiary alicyclic amines) is 1. The van der Waals surface area contributed by atoms with Crippen LogP contribution in [0.2, 0.25) is 0 Å². The Morgan fingerprint density at radius 2 is 1.89 bits per heavy atom. The van der Waals surface area contributed by atoms with Gasteiger partial charge in [0.2, 0.25) is 5.88 Å². The second-order valence-electron chi connectivity index (χ2n) is 6.89. The number of hydrogen-bond donors (Lipinski definition) is 2. The smallest absolute Gasteiger partial charge is 0.340 e. The maximum absolute atomic E-state index is 11.2. The number of pyridine rings is 1. The molecular formula is C20H23N5O2. The summed E-state index contributed by atoms with van der Waals surface area (Å²) in [5.41, 5.74) is 2.08. The molecule has 0 saturated carbocycles. The molecule has 1 saturated heterocycles. The third kappa shape index (κ3) is 4.62. The lowest BCUT2D eigenvalue weighted by Gasteiger charge is -2.30. The molecule has 0 unspecified atom stereocenters. The van der Waals surface area contributed by atoms with E-state index in [1.54, 1.807) is 0 Å². The van der Waals surface area contributed by atoms with Crippen molar-refractivity contribution in [3.8, 4) is 5.88 Å². The number of rotatable bonds is 6. The average Bonchev–Trinajstić information content (AvgIpc) is 3.15. The lowest BCUT2D eigenvalue weighted by atomic mass is 9.96. The second-order valence-corrected chi connectivity index (χ2v) is 6.89. The fraction of sp³-hybridized carbons (Fsp3) is 0.350. The molecule has 2 aromatic heterocycles. The van der Waals surface area contributed by atoms with Crippen LogP contribution in [0.4, 0.5) is 0 Å². The lowest BCUT2D eigenvalue weighted by molar-refractivity contribution is 0.201. The quantitative estimate of drug-likeness (QED) is 0.701. The van der Waals surface area contributed by atoms with Crippen LogP contribution in [0.3, 0.4) is 0 Å². The van der Waals surface area contributed by atoms with Crippen molar-refractivity contribution >= 4 is 0 Å². The molecule has 7 nitrogen and oxygen atoms in total. The Bertz CT molecular complexity index is 896. The molecular weight excluding hydrogens is 342 g/mol. The van der Waals surface area contributed by atoms with Crippen LogP contribution in [0, 0.1) is 0 Å². The van der Waals surface area contributed by atoms with Crippen molar-refractivity contribution in [2.45, 2.75) is 31.9 Å². The minimum absolute atomic E-state index is 0.229. The maximum Gasteiger partial charge on any atom is 0.340 e. The largest absolute Gasteiger partial charge is 0.473 e. The Balaban J connectivity index is 1.26. The van der Waals surface area contributed by atoms with Crippen molar-refractivity contribution in [1.29, 1.82) is 0 Å². The molecule has 0 spiro atoms. The first-order valence-electron chi connectivity index (χ1n) is 9.25. The summed E-state index contributed by atoms with van der Waals surface area (Å²) in [5, 5.41) is 6.51. The van der Waals surface area contributed by atoms with E-state index in [2.05, 4.69) is 31.1 Å². The molecule has 140 valence electrons. The Morgan fingerprint density at radius 1 is 1.07 bits per heavy atom. The van der Waals surface area contributed by atoms with Gasteiger partial charge in [-0.1, -0.05) is 36.4 Å². The summed E-state index contributed by atoms with van der Waals surface area (Å²) in [6.45, 7) is 3.35. The Labute approximate surface area is 157 Å². The van der Waals surface area contributed by atoms with Gasteiger partial charge in [-0.15, -0.1) is 0 Å². The molecule has 1 aromatic carbocycles. The molecule has 7 heteroatoms. The molecule has 4 rings (SSSR count). The summed E-state index contributed by atoms with van der Waals surface area (Å²) in [7, 11) is 0. The number of nitrogens with zero attached hydrogens (tertiary/aromatic N) is 3. The average molecular weight is 365 g/mol. The van der Waals surface area contributed by atoms with E-state index >= 15 is 0 Å². The molecule has 2 N–H and O–H groups in total. The number of aromatic nitrogens is 4. The zero-order valence-electron chi connectivity index (χ0n) is 15.1. The predicted octanol–water partition coefficient (Wildman–Crippen LogP) is 2.45. The Hall–Kier alpha value is -2.93. The number of ether oxygens (including phenoxy) is 1. The highest BCUT2D eigenvalue weighted by Crippen LogP contribution is 2.25. The minimum Gasteiger partial charge on any atom is -0.473 e. The molecule has 0 bridgehead atoms. The van der Waals surface area contributed by atoms with E-state index in [-0.39, 0.29) is 5.69 Å². The summed E-state index contributed by atoms with van der Waals surface area (Å²) >= 11 is 0. The highest BCUT2D eigenvalue weighted by molar-refractivity contribution is 5.19. The first-order valence-corrected chi connectivity index (χ1v) is 9.25. The molecule has 0 amide bonds. The van der Waals surface area contributed by atoms with E-state index < -0.39 is 0 Å². The van der Waals surface area contributed by atoms with E-state index in [4.69, 9.17) is 4.74 Å². The summed E-state index contributed by atoms with van der Waals surface area (Å²) in [5.74, 6) is 1.75. The van der Waals surface area contributed by atoms with Gasteiger partial charge >= 0.3 is 5.69 Å². The van der Waals surface area contributed by atoms with Gasteiger partial charge in [0.25, 0.3) is 0 Å². The van der Waals surface area contributed by atoms with Gasteiger partial charge in [0, 0.05) is 24.7 Å². The highest BCUT2D eigenvalue weighted by Gasteiger charge is 2.23. The van der Waals surface area contributed by atoms with Gasteiger partial charge in [0.05, 0.1) is 0 Å². The van der Waals surface area contributed by atoms with Crippen LogP contribution in [0.15, 0.2) is 53.5 Å². The first-order chi connectivity index (χ1) is 13.3. The summed E-state index contributed by atoms with van der Waals surface area (Å²) < 4.78 is 5.74. The van der Waals surface area contributed by atoms with Crippen molar-refractivity contribution in [3.63, 3.8) is 0 Å². The van der Waals surface area contributed by atoms with Gasteiger partial charge in [0.1, 0.15) is 12.4 Å². The SMILES string of the molecule is O=c1[nH]nc(C2CCN(Cc3ccc(OCc4ccccc4)nc3)CC2)[nH]1. The summed E-state index contributed by atoms with van der Waals surface area (Å²) in [4.78, 5) is 20.8. The zero-order valence-corrected chi connectivity index (χ0v) is 15.1. The molecule has 1 fully saturated rings. The molecule has 0 atom stereocenters. The number of hydrogen-bond acceptors (Lipinski definition) is 5. The van der Waals surface area contributed by atoms with Crippen molar-refractivity contribution in [2.75, 3.05) is 13.1 Å². The van der Waals surface area contributed by atoms with E-state index in [0.717, 1.165) is 43.9 Å². The second kappa shape index (κ2) is 8.18. The van der Waals surface area contributed by atoms with Gasteiger partial charge in [-0.25, -0.2) is 14.9 Å². The van der Waals surface area contributed by atoms with Gasteiger partial charge in [-0.2, -0.15) is 5.10 Å². The van der Waals surface area contributed by atoms with E-state index in [0.29, 0.717) is 18.4 Å². The van der Waals surface area contributed by atoms with Crippen LogP contribution in [-0.4, -0.2) is 38.2 Å². The zero-order chi connectivity index (χ0) is 18.5. The Kier molecular flexibility index (Phi) is 5.29. The van der Waals surface area contributed by atoms with E-state index in [1.807, 2.05) is 42.6 Å². The normalized spacial score (nSPS) is 15.7. The topological polar surface area (TPSA) is 86.9 Å². The molecule has 1 aliphatic rings. The fourth-order valence-corrected chi connectivity index (χ4v) is 3.42. The van der Waals surface area contributed by atoms with Gasteiger partial charge < -0.3 is 4.74 Å². The predicted molar refractivity (Wildman–Crippen MR) is 101 cm³/mol. The lowest BCUT2D eigenvalue weighted by Crippen LogP contribution is -2.32.